The molecule has 0 spiro atoms. The molecule has 0 radical (unpaired) electrons. The number of hydrogen-bond donors (Lipinski definition) is 2. The lowest BCUT2D eigenvalue weighted by molar-refractivity contribution is 0.180. The summed E-state index contributed by atoms with van der Waals surface area (Å²) in [6.07, 6.45) is 1.03. The third kappa shape index (κ3) is 12.0. The van der Waals surface area contributed by atoms with Crippen LogP contribution in [0.3, 0.4) is 0 Å². The number of nitrogens with one attached hydrogen (secondary N) is 2. The molecular formula is C17H30FIN4O2. The van der Waals surface area contributed by atoms with Crippen LogP contribution in [0.5, 0.6) is 5.75 Å². The Morgan fingerprint density at radius 2 is 1.96 bits per heavy atom. The molecule has 0 aromatic heterocycles. The molecule has 0 unspecified atom stereocenters. The minimum absolute atomic E-state index is 0. The van der Waals surface area contributed by atoms with Crippen molar-refractivity contribution in [1.29, 1.82) is 0 Å². The van der Waals surface area contributed by atoms with Crippen molar-refractivity contribution in [2.75, 3.05) is 60.6 Å². The summed E-state index contributed by atoms with van der Waals surface area (Å²) >= 11 is 0. The second-order valence-electron chi connectivity index (χ2n) is 5.38. The van der Waals surface area contributed by atoms with E-state index in [9.17, 15) is 4.39 Å². The van der Waals surface area contributed by atoms with E-state index in [0.717, 1.165) is 38.6 Å². The van der Waals surface area contributed by atoms with Crippen LogP contribution in [0.15, 0.2) is 29.3 Å². The molecule has 8 heteroatoms. The normalized spacial score (nSPS) is 11.2. The molecule has 0 atom stereocenters. The summed E-state index contributed by atoms with van der Waals surface area (Å²) in [4.78, 5) is 6.40. The second-order valence-corrected chi connectivity index (χ2v) is 5.38. The van der Waals surface area contributed by atoms with Gasteiger partial charge in [0.15, 0.2) is 5.96 Å². The van der Waals surface area contributed by atoms with E-state index >= 15 is 0 Å². The monoisotopic (exact) mass is 468 g/mol. The fourth-order valence-corrected chi connectivity index (χ4v) is 2.07. The number of nitrogens with zero attached hydrogens (tertiary/aromatic N) is 2. The van der Waals surface area contributed by atoms with Gasteiger partial charge in [-0.3, -0.25) is 4.99 Å². The average Bonchev–Trinajstić information content (AvgIpc) is 2.57. The van der Waals surface area contributed by atoms with Gasteiger partial charge >= 0.3 is 0 Å². The summed E-state index contributed by atoms with van der Waals surface area (Å²) in [6, 6.07) is 6.12. The summed E-state index contributed by atoms with van der Waals surface area (Å²) in [5.41, 5.74) is 0. The predicted molar refractivity (Wildman–Crippen MR) is 111 cm³/mol. The molecule has 0 aliphatic carbocycles. The van der Waals surface area contributed by atoms with E-state index in [4.69, 9.17) is 9.47 Å². The van der Waals surface area contributed by atoms with Crippen LogP contribution >= 0.6 is 24.0 Å². The maximum Gasteiger partial charge on any atom is 0.191 e. The molecule has 2 N–H and O–H groups in total. The quantitative estimate of drug-likeness (QED) is 0.225. The van der Waals surface area contributed by atoms with Gasteiger partial charge in [0.05, 0.1) is 6.54 Å². The van der Waals surface area contributed by atoms with Gasteiger partial charge in [0, 0.05) is 46.5 Å². The highest BCUT2D eigenvalue weighted by molar-refractivity contribution is 14.0. The second kappa shape index (κ2) is 15.2. The Kier molecular flexibility index (Phi) is 14.5. The van der Waals surface area contributed by atoms with Crippen molar-refractivity contribution in [2.24, 2.45) is 4.99 Å². The highest BCUT2D eigenvalue weighted by atomic mass is 127. The van der Waals surface area contributed by atoms with Crippen molar-refractivity contribution in [3.05, 3.63) is 30.1 Å². The van der Waals surface area contributed by atoms with Crippen LogP contribution in [0, 0.1) is 5.82 Å². The highest BCUT2D eigenvalue weighted by Crippen LogP contribution is 2.11. The molecule has 0 saturated heterocycles. The molecular weight excluding hydrogens is 438 g/mol. The first-order chi connectivity index (χ1) is 11.7. The van der Waals surface area contributed by atoms with Crippen LogP contribution in [0.1, 0.15) is 6.42 Å². The standard InChI is InChI=1S/C17H29FN4O2.HI/c1-19-17(20-8-11-22(2)10-5-12-23-3)21-9-13-24-16-7-4-6-15(18)14-16;/h4,6-7,14H,5,8-13H2,1-3H3,(H2,19,20,21);1H. The van der Waals surface area contributed by atoms with E-state index in [1.807, 2.05) is 0 Å². The molecule has 0 aliphatic heterocycles. The fourth-order valence-electron chi connectivity index (χ4n) is 2.07. The number of ether oxygens (including phenoxy) is 2. The van der Waals surface area contributed by atoms with E-state index in [1.54, 1.807) is 26.3 Å². The number of likely N-dealkylation sites (N-methyl/N-ethyl adjacent to an activating group) is 1. The van der Waals surface area contributed by atoms with Crippen molar-refractivity contribution in [2.45, 2.75) is 6.42 Å². The lowest BCUT2D eigenvalue weighted by atomic mass is 10.3. The zero-order valence-electron chi connectivity index (χ0n) is 15.3. The van der Waals surface area contributed by atoms with Crippen molar-refractivity contribution in [3.63, 3.8) is 0 Å². The Bertz CT molecular complexity index is 491. The minimum atomic E-state index is -0.299. The van der Waals surface area contributed by atoms with E-state index in [2.05, 4.69) is 27.6 Å². The molecule has 1 rings (SSSR count). The first kappa shape index (κ1) is 23.9. The number of benzene rings is 1. The molecule has 0 saturated carbocycles. The zero-order chi connectivity index (χ0) is 17.6. The Morgan fingerprint density at radius 1 is 1.20 bits per heavy atom. The lowest BCUT2D eigenvalue weighted by Gasteiger charge is -2.18. The summed E-state index contributed by atoms with van der Waals surface area (Å²) < 4.78 is 23.5. The molecule has 1 aromatic rings. The maximum atomic E-state index is 13.0. The van der Waals surface area contributed by atoms with Crippen LogP contribution in [0.2, 0.25) is 0 Å². The van der Waals surface area contributed by atoms with Gasteiger partial charge in [0.2, 0.25) is 0 Å². The van der Waals surface area contributed by atoms with E-state index in [-0.39, 0.29) is 29.8 Å². The van der Waals surface area contributed by atoms with Crippen LogP contribution in [-0.4, -0.2) is 71.5 Å². The van der Waals surface area contributed by atoms with Gasteiger partial charge in [-0.2, -0.15) is 0 Å². The number of hydrogen-bond acceptors (Lipinski definition) is 4. The Morgan fingerprint density at radius 3 is 2.64 bits per heavy atom. The van der Waals surface area contributed by atoms with Crippen molar-refractivity contribution < 1.29 is 13.9 Å². The zero-order valence-corrected chi connectivity index (χ0v) is 17.6. The fraction of sp³-hybridized carbons (Fsp3) is 0.588. The van der Waals surface area contributed by atoms with Gasteiger partial charge in [0.1, 0.15) is 18.2 Å². The SMILES string of the molecule is CN=C(NCCOc1cccc(F)c1)NCCN(C)CCCOC.I. The number of guanidine groups is 1. The summed E-state index contributed by atoms with van der Waals surface area (Å²) in [5.74, 6) is 0.952. The molecule has 6 nitrogen and oxygen atoms in total. The summed E-state index contributed by atoms with van der Waals surface area (Å²) in [6.45, 7) is 4.52. The number of rotatable bonds is 11. The van der Waals surface area contributed by atoms with Crippen molar-refractivity contribution >= 4 is 29.9 Å². The first-order valence-corrected chi connectivity index (χ1v) is 8.16. The Hall–Kier alpha value is -1.13. The summed E-state index contributed by atoms with van der Waals surface area (Å²) in [7, 11) is 5.53. The van der Waals surface area contributed by atoms with Crippen LogP contribution in [-0.2, 0) is 4.74 Å². The van der Waals surface area contributed by atoms with Crippen molar-refractivity contribution in [3.8, 4) is 5.75 Å². The third-order valence-corrected chi connectivity index (χ3v) is 3.36. The van der Waals surface area contributed by atoms with Crippen LogP contribution in [0.25, 0.3) is 0 Å². The van der Waals surface area contributed by atoms with Gasteiger partial charge in [-0.25, -0.2) is 4.39 Å². The molecule has 0 bridgehead atoms. The summed E-state index contributed by atoms with van der Waals surface area (Å²) in [5, 5.41) is 6.41. The molecule has 0 heterocycles. The first-order valence-electron chi connectivity index (χ1n) is 8.16. The van der Waals surface area contributed by atoms with Gasteiger partial charge < -0.3 is 25.0 Å². The van der Waals surface area contributed by atoms with Crippen LogP contribution < -0.4 is 15.4 Å². The smallest absolute Gasteiger partial charge is 0.191 e. The number of methoxy groups -OCH3 is 1. The lowest BCUT2D eigenvalue weighted by Crippen LogP contribution is -2.42. The Balaban J connectivity index is 0.00000576. The highest BCUT2D eigenvalue weighted by Gasteiger charge is 2.01. The molecule has 144 valence electrons. The van der Waals surface area contributed by atoms with E-state index in [0.29, 0.717) is 18.9 Å². The third-order valence-electron chi connectivity index (χ3n) is 3.36. The van der Waals surface area contributed by atoms with Crippen molar-refractivity contribution in [1.82, 2.24) is 15.5 Å². The maximum absolute atomic E-state index is 13.0. The van der Waals surface area contributed by atoms with E-state index < -0.39 is 0 Å². The topological polar surface area (TPSA) is 58.1 Å². The van der Waals surface area contributed by atoms with Gasteiger partial charge in [0.25, 0.3) is 0 Å². The molecule has 1 aromatic carbocycles. The molecule has 0 fully saturated rings. The largest absolute Gasteiger partial charge is 0.492 e. The predicted octanol–water partition coefficient (Wildman–Crippen LogP) is 1.96. The molecule has 0 amide bonds. The van der Waals surface area contributed by atoms with Gasteiger partial charge in [-0.15, -0.1) is 24.0 Å². The minimum Gasteiger partial charge on any atom is -0.492 e. The van der Waals surface area contributed by atoms with E-state index in [1.165, 1.54) is 12.1 Å². The van der Waals surface area contributed by atoms with Gasteiger partial charge in [-0.05, 0) is 25.6 Å². The number of halogens is 2. The van der Waals surface area contributed by atoms with Gasteiger partial charge in [-0.1, -0.05) is 6.07 Å². The number of aliphatic imine (C=N–C) groups is 1. The molecule has 0 aliphatic rings. The van der Waals surface area contributed by atoms with Crippen LogP contribution in [0.4, 0.5) is 4.39 Å². The average molecular weight is 468 g/mol. The Labute approximate surface area is 167 Å². The molecule has 25 heavy (non-hydrogen) atoms.